The summed E-state index contributed by atoms with van der Waals surface area (Å²) in [7, 11) is 1.78. The summed E-state index contributed by atoms with van der Waals surface area (Å²) in [6.45, 7) is 1.81. The molecule has 1 amide bonds. The number of nitrogens with zero attached hydrogens (tertiary/aromatic N) is 3. The van der Waals surface area contributed by atoms with Gasteiger partial charge in [-0.05, 0) is 42.9 Å². The second kappa shape index (κ2) is 5.34. The number of benzene rings is 1. The number of carbonyl (C=O) groups is 1. The Bertz CT molecular complexity index is 794. The molecule has 1 aromatic heterocycles. The van der Waals surface area contributed by atoms with E-state index in [-0.39, 0.29) is 11.7 Å². The van der Waals surface area contributed by atoms with Crippen LogP contribution >= 0.6 is 12.2 Å². The molecule has 112 valence electrons. The fourth-order valence-corrected chi connectivity index (χ4v) is 2.58. The molecule has 1 fully saturated rings. The molecule has 1 aliphatic heterocycles. The summed E-state index contributed by atoms with van der Waals surface area (Å²) in [5, 5.41) is 7.41. The summed E-state index contributed by atoms with van der Waals surface area (Å²) in [4.78, 5) is 14.0. The third-order valence-electron chi connectivity index (χ3n) is 3.29. The topological polar surface area (TPSA) is 50.2 Å². The smallest absolute Gasteiger partial charge is 0.281 e. The van der Waals surface area contributed by atoms with E-state index in [1.54, 1.807) is 36.1 Å². The Balaban J connectivity index is 1.94. The molecule has 1 saturated heterocycles. The van der Waals surface area contributed by atoms with Crippen LogP contribution in [0.5, 0.6) is 0 Å². The maximum Gasteiger partial charge on any atom is 0.281 e. The van der Waals surface area contributed by atoms with Crippen LogP contribution in [0.2, 0.25) is 0 Å². The zero-order valence-electron chi connectivity index (χ0n) is 12.0. The van der Waals surface area contributed by atoms with Crippen LogP contribution in [0.15, 0.2) is 36.2 Å². The van der Waals surface area contributed by atoms with Crippen molar-refractivity contribution in [2.75, 3.05) is 4.90 Å². The van der Waals surface area contributed by atoms with E-state index >= 15 is 0 Å². The van der Waals surface area contributed by atoms with Gasteiger partial charge in [-0.3, -0.25) is 9.48 Å². The van der Waals surface area contributed by atoms with Crippen LogP contribution in [0.1, 0.15) is 11.3 Å². The molecule has 0 radical (unpaired) electrons. The van der Waals surface area contributed by atoms with E-state index < -0.39 is 0 Å². The maximum atomic E-state index is 12.9. The molecule has 0 aliphatic carbocycles. The first-order chi connectivity index (χ1) is 10.5. The lowest BCUT2D eigenvalue weighted by Crippen LogP contribution is -2.30. The number of aryl methyl sites for hydroxylation is 2. The lowest BCUT2D eigenvalue weighted by Gasteiger charge is -2.11. The molecule has 1 aromatic carbocycles. The zero-order chi connectivity index (χ0) is 15.9. The summed E-state index contributed by atoms with van der Waals surface area (Å²) in [5.41, 5.74) is 2.42. The summed E-state index contributed by atoms with van der Waals surface area (Å²) < 4.78 is 14.6. The van der Waals surface area contributed by atoms with Crippen molar-refractivity contribution < 1.29 is 9.18 Å². The van der Waals surface area contributed by atoms with E-state index in [0.29, 0.717) is 27.8 Å². The highest BCUT2D eigenvalue weighted by Crippen LogP contribution is 2.24. The molecule has 0 spiro atoms. The van der Waals surface area contributed by atoms with Gasteiger partial charge in [0.05, 0.1) is 11.4 Å². The van der Waals surface area contributed by atoms with Crippen LogP contribution in [-0.2, 0) is 11.8 Å². The first kappa shape index (κ1) is 14.4. The molecule has 0 saturated carbocycles. The Hall–Kier alpha value is -2.54. The first-order valence-electron chi connectivity index (χ1n) is 6.58. The lowest BCUT2D eigenvalue weighted by atomic mass is 10.2. The largest absolute Gasteiger partial charge is 0.327 e. The lowest BCUT2D eigenvalue weighted by molar-refractivity contribution is -0.113. The highest BCUT2D eigenvalue weighted by molar-refractivity contribution is 7.80. The molecule has 3 rings (SSSR count). The molecule has 22 heavy (non-hydrogen) atoms. The van der Waals surface area contributed by atoms with Gasteiger partial charge in [-0.1, -0.05) is 12.1 Å². The summed E-state index contributed by atoms with van der Waals surface area (Å²) in [5.74, 6) is -0.582. The highest BCUT2D eigenvalue weighted by atomic mass is 32.1. The van der Waals surface area contributed by atoms with E-state index in [0.717, 1.165) is 0 Å². The quantitative estimate of drug-likeness (QED) is 0.681. The van der Waals surface area contributed by atoms with Gasteiger partial charge in [0, 0.05) is 13.2 Å². The number of hydrogen-bond acceptors (Lipinski definition) is 3. The Kier molecular flexibility index (Phi) is 3.50. The van der Waals surface area contributed by atoms with Gasteiger partial charge in [0.2, 0.25) is 0 Å². The van der Waals surface area contributed by atoms with Gasteiger partial charge in [0.1, 0.15) is 11.5 Å². The molecule has 1 N–H and O–H groups in total. The monoisotopic (exact) mass is 316 g/mol. The number of halogens is 1. The van der Waals surface area contributed by atoms with Gasteiger partial charge in [-0.15, -0.1) is 0 Å². The number of nitrogens with one attached hydrogen (secondary N) is 1. The average molecular weight is 316 g/mol. The number of amides is 1. The van der Waals surface area contributed by atoms with Crippen molar-refractivity contribution in [1.82, 2.24) is 15.1 Å². The molecule has 7 heteroatoms. The van der Waals surface area contributed by atoms with Gasteiger partial charge < -0.3 is 5.32 Å². The molecule has 5 nitrogen and oxygen atoms in total. The SMILES string of the molecule is Cc1nn(C)cc1N1C(=O)/C(=C\c2ccc(F)cc2)NC1=S. The number of anilines is 1. The third kappa shape index (κ3) is 2.50. The predicted octanol–water partition coefficient (Wildman–Crippen LogP) is 2.13. The Morgan fingerprint density at radius 2 is 2.00 bits per heavy atom. The van der Waals surface area contributed by atoms with Crippen molar-refractivity contribution in [3.8, 4) is 0 Å². The van der Waals surface area contributed by atoms with Crippen molar-refractivity contribution >= 4 is 35.0 Å². The number of aromatic nitrogens is 2. The summed E-state index contributed by atoms with van der Waals surface area (Å²) in [6.07, 6.45) is 3.38. The van der Waals surface area contributed by atoms with Crippen LogP contribution in [0.3, 0.4) is 0 Å². The summed E-state index contributed by atoms with van der Waals surface area (Å²) >= 11 is 5.24. The standard InChI is InChI=1S/C15H13FN4OS/c1-9-13(8-19(2)18-9)20-14(21)12(17-15(20)22)7-10-3-5-11(16)6-4-10/h3-8H,1-2H3,(H,17,22)/b12-7+. The zero-order valence-corrected chi connectivity index (χ0v) is 12.8. The van der Waals surface area contributed by atoms with Crippen LogP contribution in [0.4, 0.5) is 10.1 Å². The molecule has 1 aliphatic rings. The molecular formula is C15H13FN4OS. The van der Waals surface area contributed by atoms with Crippen LogP contribution in [0.25, 0.3) is 6.08 Å². The normalized spacial score (nSPS) is 16.5. The number of thiocarbonyl (C=S) groups is 1. The first-order valence-corrected chi connectivity index (χ1v) is 6.99. The molecular weight excluding hydrogens is 303 g/mol. The van der Waals surface area contributed by atoms with Gasteiger partial charge in [-0.2, -0.15) is 5.10 Å². The van der Waals surface area contributed by atoms with Crippen molar-refractivity contribution in [3.63, 3.8) is 0 Å². The second-order valence-corrected chi connectivity index (χ2v) is 5.34. The van der Waals surface area contributed by atoms with Gasteiger partial charge >= 0.3 is 0 Å². The Morgan fingerprint density at radius 3 is 2.59 bits per heavy atom. The van der Waals surface area contributed by atoms with Crippen molar-refractivity contribution in [2.24, 2.45) is 7.05 Å². The Labute approximate surface area is 132 Å². The third-order valence-corrected chi connectivity index (χ3v) is 3.57. The van der Waals surface area contributed by atoms with Crippen LogP contribution in [-0.4, -0.2) is 20.8 Å². The molecule has 0 atom stereocenters. The highest BCUT2D eigenvalue weighted by Gasteiger charge is 2.33. The van der Waals surface area contributed by atoms with Crippen LogP contribution < -0.4 is 10.2 Å². The van der Waals surface area contributed by atoms with E-state index in [1.165, 1.54) is 17.0 Å². The van der Waals surface area contributed by atoms with E-state index in [2.05, 4.69) is 10.4 Å². The van der Waals surface area contributed by atoms with E-state index in [1.807, 2.05) is 6.92 Å². The minimum Gasteiger partial charge on any atom is -0.327 e. The van der Waals surface area contributed by atoms with Crippen molar-refractivity contribution in [2.45, 2.75) is 6.92 Å². The van der Waals surface area contributed by atoms with Crippen molar-refractivity contribution in [3.05, 3.63) is 53.2 Å². The van der Waals surface area contributed by atoms with Crippen LogP contribution in [0, 0.1) is 12.7 Å². The Morgan fingerprint density at radius 1 is 1.32 bits per heavy atom. The van der Waals surface area contributed by atoms with Gasteiger partial charge in [0.15, 0.2) is 5.11 Å². The van der Waals surface area contributed by atoms with Gasteiger partial charge in [0.25, 0.3) is 5.91 Å². The van der Waals surface area contributed by atoms with Gasteiger partial charge in [-0.25, -0.2) is 9.29 Å². The fourth-order valence-electron chi connectivity index (χ4n) is 2.29. The minimum absolute atomic E-state index is 0.259. The molecule has 2 heterocycles. The maximum absolute atomic E-state index is 12.9. The molecule has 2 aromatic rings. The predicted molar refractivity (Wildman–Crippen MR) is 85.5 cm³/mol. The molecule has 0 bridgehead atoms. The minimum atomic E-state index is -0.323. The number of rotatable bonds is 2. The van der Waals surface area contributed by atoms with E-state index in [9.17, 15) is 9.18 Å². The van der Waals surface area contributed by atoms with Crippen molar-refractivity contribution in [1.29, 1.82) is 0 Å². The number of hydrogen-bond donors (Lipinski definition) is 1. The van der Waals surface area contributed by atoms with E-state index in [4.69, 9.17) is 12.2 Å². The second-order valence-electron chi connectivity index (χ2n) is 4.95. The number of carbonyl (C=O) groups excluding carboxylic acids is 1. The molecule has 0 unspecified atom stereocenters. The average Bonchev–Trinajstić information content (AvgIpc) is 2.92. The summed E-state index contributed by atoms with van der Waals surface area (Å²) in [6, 6.07) is 5.87. The fraction of sp³-hybridized carbons (Fsp3) is 0.133.